The van der Waals surface area contributed by atoms with Crippen molar-refractivity contribution in [2.24, 2.45) is 0 Å². The quantitative estimate of drug-likeness (QED) is 0.732. The Hall–Kier alpha value is -1.83. The molecule has 6 nitrogen and oxygen atoms in total. The molecule has 0 saturated heterocycles. The van der Waals surface area contributed by atoms with E-state index >= 15 is 0 Å². The van der Waals surface area contributed by atoms with Crippen LogP contribution in [-0.2, 0) is 10.0 Å². The fourth-order valence-corrected chi connectivity index (χ4v) is 4.20. The highest BCUT2D eigenvalue weighted by atomic mass is 32.2. The molecule has 1 unspecified atom stereocenters. The lowest BCUT2D eigenvalue weighted by molar-refractivity contribution is 0.167. The third-order valence-corrected chi connectivity index (χ3v) is 5.62. The molecule has 0 saturated carbocycles. The van der Waals surface area contributed by atoms with Crippen molar-refractivity contribution in [2.75, 3.05) is 13.2 Å². The van der Waals surface area contributed by atoms with E-state index in [0.717, 1.165) is 16.9 Å². The van der Waals surface area contributed by atoms with Crippen LogP contribution in [0.2, 0.25) is 0 Å². The van der Waals surface area contributed by atoms with E-state index in [0.29, 0.717) is 23.7 Å². The third kappa shape index (κ3) is 4.66. The fraction of sp³-hybridized carbons (Fsp3) is 0.474. The van der Waals surface area contributed by atoms with Gasteiger partial charge in [-0.05, 0) is 70.4 Å². The highest BCUT2D eigenvalue weighted by Crippen LogP contribution is 2.27. The Kier molecular flexibility index (Phi) is 6.49. The second kappa shape index (κ2) is 8.24. The van der Waals surface area contributed by atoms with Gasteiger partial charge in [0.1, 0.15) is 17.3 Å². The highest BCUT2D eigenvalue weighted by molar-refractivity contribution is 7.89. The Labute approximate surface area is 155 Å². The van der Waals surface area contributed by atoms with Crippen molar-refractivity contribution in [1.29, 1.82) is 0 Å². The number of aryl methyl sites for hydroxylation is 4. The molecule has 0 amide bonds. The first-order chi connectivity index (χ1) is 12.2. The molecule has 1 atom stereocenters. The number of hydrogen-bond donors (Lipinski definition) is 2. The minimum absolute atomic E-state index is 0.123. The monoisotopic (exact) mass is 381 g/mol. The van der Waals surface area contributed by atoms with Crippen LogP contribution in [0.3, 0.4) is 0 Å². The molecule has 0 aliphatic heterocycles. The number of aliphatic hydroxyl groups is 1. The van der Waals surface area contributed by atoms with Gasteiger partial charge in [-0.1, -0.05) is 0 Å². The topological polar surface area (TPSA) is 88.8 Å². The minimum atomic E-state index is -3.66. The van der Waals surface area contributed by atoms with Gasteiger partial charge in [-0.15, -0.1) is 0 Å². The van der Waals surface area contributed by atoms with E-state index in [4.69, 9.17) is 9.15 Å². The second-order valence-corrected chi connectivity index (χ2v) is 8.16. The van der Waals surface area contributed by atoms with E-state index in [1.165, 1.54) is 0 Å². The van der Waals surface area contributed by atoms with Crippen LogP contribution >= 0.6 is 0 Å². The normalized spacial score (nSPS) is 13.0. The second-order valence-electron chi connectivity index (χ2n) is 6.39. The predicted octanol–water partition coefficient (Wildman–Crippen LogP) is 3.31. The van der Waals surface area contributed by atoms with E-state index in [1.54, 1.807) is 25.1 Å². The van der Waals surface area contributed by atoms with Gasteiger partial charge >= 0.3 is 0 Å². The summed E-state index contributed by atoms with van der Waals surface area (Å²) in [6.45, 7) is 9.77. The summed E-state index contributed by atoms with van der Waals surface area (Å²) in [4.78, 5) is 0.195. The van der Waals surface area contributed by atoms with Gasteiger partial charge in [-0.25, -0.2) is 13.1 Å². The minimum Gasteiger partial charge on any atom is -0.493 e. The van der Waals surface area contributed by atoms with E-state index in [-0.39, 0.29) is 17.9 Å². The van der Waals surface area contributed by atoms with Gasteiger partial charge in [0.25, 0.3) is 0 Å². The zero-order chi connectivity index (χ0) is 19.5. The summed E-state index contributed by atoms with van der Waals surface area (Å²) >= 11 is 0. The maximum Gasteiger partial charge on any atom is 0.240 e. The van der Waals surface area contributed by atoms with Crippen LogP contribution in [0.15, 0.2) is 27.5 Å². The average Bonchev–Trinajstić information content (AvgIpc) is 2.89. The average molecular weight is 381 g/mol. The fourth-order valence-electron chi connectivity index (χ4n) is 2.99. The van der Waals surface area contributed by atoms with E-state index in [1.807, 2.05) is 27.7 Å². The van der Waals surface area contributed by atoms with Crippen LogP contribution in [0.4, 0.5) is 0 Å². The molecule has 0 aliphatic carbocycles. The molecular weight excluding hydrogens is 354 g/mol. The van der Waals surface area contributed by atoms with Crippen LogP contribution in [0.1, 0.15) is 47.7 Å². The maximum atomic E-state index is 12.5. The van der Waals surface area contributed by atoms with Crippen molar-refractivity contribution in [3.8, 4) is 5.75 Å². The lowest BCUT2D eigenvalue weighted by atomic mass is 10.1. The first-order valence-corrected chi connectivity index (χ1v) is 10.1. The summed E-state index contributed by atoms with van der Waals surface area (Å²) in [6.07, 6.45) is -0.521. The first-order valence-electron chi connectivity index (χ1n) is 8.64. The Morgan fingerprint density at radius 1 is 1.15 bits per heavy atom. The SMILES string of the molecule is CCOc1c(C)cc(S(=O)(=O)NCCC(O)c2cc(C)oc2C)cc1C. The van der Waals surface area contributed by atoms with Crippen molar-refractivity contribution in [2.45, 2.75) is 52.0 Å². The molecule has 0 aliphatic rings. The summed E-state index contributed by atoms with van der Waals surface area (Å²) in [5, 5.41) is 10.3. The molecule has 2 rings (SSSR count). The number of nitrogens with one attached hydrogen (secondary N) is 1. The largest absolute Gasteiger partial charge is 0.493 e. The number of sulfonamides is 1. The van der Waals surface area contributed by atoms with Gasteiger partial charge < -0.3 is 14.3 Å². The lowest BCUT2D eigenvalue weighted by Gasteiger charge is -2.14. The van der Waals surface area contributed by atoms with Crippen molar-refractivity contribution < 1.29 is 22.7 Å². The van der Waals surface area contributed by atoms with Gasteiger partial charge in [0.05, 0.1) is 17.6 Å². The molecule has 0 fully saturated rings. The molecule has 0 spiro atoms. The molecule has 2 aromatic rings. The molecule has 1 aromatic heterocycles. The van der Waals surface area contributed by atoms with Crippen LogP contribution in [-0.4, -0.2) is 26.7 Å². The summed E-state index contributed by atoms with van der Waals surface area (Å²) in [5.41, 5.74) is 2.24. The number of rotatable bonds is 8. The first kappa shape index (κ1) is 20.5. The Morgan fingerprint density at radius 2 is 1.77 bits per heavy atom. The van der Waals surface area contributed by atoms with Gasteiger partial charge in [0, 0.05) is 12.1 Å². The molecule has 1 aromatic carbocycles. The summed E-state index contributed by atoms with van der Waals surface area (Å²) in [7, 11) is -3.66. The number of ether oxygens (including phenoxy) is 1. The zero-order valence-corrected chi connectivity index (χ0v) is 16.7. The summed E-state index contributed by atoms with van der Waals surface area (Å²) in [5.74, 6) is 2.08. The molecule has 7 heteroatoms. The molecule has 0 bridgehead atoms. The smallest absolute Gasteiger partial charge is 0.240 e. The van der Waals surface area contributed by atoms with Gasteiger partial charge in [-0.2, -0.15) is 0 Å². The third-order valence-electron chi connectivity index (χ3n) is 4.18. The Bertz CT molecular complexity index is 847. The predicted molar refractivity (Wildman–Crippen MR) is 100 cm³/mol. The van der Waals surface area contributed by atoms with E-state index in [2.05, 4.69) is 4.72 Å². The molecule has 26 heavy (non-hydrogen) atoms. The zero-order valence-electron chi connectivity index (χ0n) is 15.9. The van der Waals surface area contributed by atoms with Crippen molar-refractivity contribution >= 4 is 10.0 Å². The van der Waals surface area contributed by atoms with Crippen LogP contribution in [0, 0.1) is 27.7 Å². The van der Waals surface area contributed by atoms with Crippen LogP contribution in [0.25, 0.3) is 0 Å². The molecule has 1 heterocycles. The molecule has 0 radical (unpaired) electrons. The van der Waals surface area contributed by atoms with Gasteiger partial charge in [-0.3, -0.25) is 0 Å². The highest BCUT2D eigenvalue weighted by Gasteiger charge is 2.19. The van der Waals surface area contributed by atoms with Crippen molar-refractivity contribution in [3.63, 3.8) is 0 Å². The molecule has 144 valence electrons. The van der Waals surface area contributed by atoms with Gasteiger partial charge in [0.15, 0.2) is 0 Å². The van der Waals surface area contributed by atoms with Crippen LogP contribution < -0.4 is 9.46 Å². The summed E-state index contributed by atoms with van der Waals surface area (Å²) < 4.78 is 38.6. The number of aliphatic hydroxyl groups excluding tert-OH is 1. The number of benzene rings is 1. The van der Waals surface area contributed by atoms with Crippen molar-refractivity contribution in [1.82, 2.24) is 4.72 Å². The maximum absolute atomic E-state index is 12.5. The number of hydrogen-bond acceptors (Lipinski definition) is 5. The van der Waals surface area contributed by atoms with E-state index < -0.39 is 16.1 Å². The molecular formula is C19H27NO5S. The van der Waals surface area contributed by atoms with Crippen molar-refractivity contribution in [3.05, 3.63) is 46.4 Å². The van der Waals surface area contributed by atoms with E-state index in [9.17, 15) is 13.5 Å². The number of furan rings is 1. The Balaban J connectivity index is 2.06. The standard InChI is InChI=1S/C19H27NO5S/c1-6-24-19-12(2)9-16(10-13(19)3)26(22,23)20-8-7-18(21)17-11-14(4)25-15(17)5/h9-11,18,20-21H,6-8H2,1-5H3. The Morgan fingerprint density at radius 3 is 2.27 bits per heavy atom. The lowest BCUT2D eigenvalue weighted by Crippen LogP contribution is -2.26. The van der Waals surface area contributed by atoms with Gasteiger partial charge in [0.2, 0.25) is 10.0 Å². The summed E-state index contributed by atoms with van der Waals surface area (Å²) in [6, 6.07) is 4.97. The molecule has 2 N–H and O–H groups in total. The van der Waals surface area contributed by atoms with Crippen LogP contribution in [0.5, 0.6) is 5.75 Å².